The van der Waals surface area contributed by atoms with E-state index in [4.69, 9.17) is 4.74 Å². The van der Waals surface area contributed by atoms with Crippen molar-refractivity contribution in [1.82, 2.24) is 0 Å². The fraction of sp³-hybridized carbons (Fsp3) is 0.471. The van der Waals surface area contributed by atoms with Crippen molar-refractivity contribution < 1.29 is 9.53 Å². The van der Waals surface area contributed by atoms with Gasteiger partial charge in [0.2, 0.25) is 0 Å². The van der Waals surface area contributed by atoms with E-state index in [1.165, 1.54) is 22.3 Å². The maximum atomic E-state index is 11.2. The molecule has 0 radical (unpaired) electrons. The van der Waals surface area contributed by atoms with Gasteiger partial charge in [-0.2, -0.15) is 0 Å². The molecule has 1 aromatic rings. The van der Waals surface area contributed by atoms with Crippen LogP contribution in [0.4, 0.5) is 0 Å². The van der Waals surface area contributed by atoms with E-state index in [9.17, 15) is 4.79 Å². The molecule has 0 aliphatic carbocycles. The predicted octanol–water partition coefficient (Wildman–Crippen LogP) is 3.93. The minimum atomic E-state index is -0.161. The maximum absolute atomic E-state index is 11.2. The quantitative estimate of drug-likeness (QED) is 0.751. The van der Waals surface area contributed by atoms with Crippen LogP contribution in [0.25, 0.3) is 6.08 Å². The van der Waals surface area contributed by atoms with Gasteiger partial charge in [0.1, 0.15) is 11.4 Å². The first-order chi connectivity index (χ1) is 8.73. The summed E-state index contributed by atoms with van der Waals surface area (Å²) in [7, 11) is 0. The summed E-state index contributed by atoms with van der Waals surface area (Å²) in [6, 6.07) is 0. The highest BCUT2D eigenvalue weighted by Crippen LogP contribution is 2.43. The molecule has 0 atom stereocenters. The smallest absolute Gasteiger partial charge is 0.152 e. The van der Waals surface area contributed by atoms with Crippen LogP contribution in [0, 0.1) is 20.8 Å². The van der Waals surface area contributed by atoms with Gasteiger partial charge in [-0.05, 0) is 70.4 Å². The highest BCUT2D eigenvalue weighted by Gasteiger charge is 2.34. The molecule has 0 saturated carbocycles. The van der Waals surface area contributed by atoms with Gasteiger partial charge in [0.25, 0.3) is 0 Å². The summed E-state index contributed by atoms with van der Waals surface area (Å²) >= 11 is 0. The number of carbonyl (C=O) groups excluding carboxylic acids is 1. The second kappa shape index (κ2) is 4.52. The number of allylic oxidation sites excluding steroid dienone is 1. The Morgan fingerprint density at radius 2 is 1.79 bits per heavy atom. The first-order valence-corrected chi connectivity index (χ1v) is 6.73. The van der Waals surface area contributed by atoms with Crippen LogP contribution in [0.5, 0.6) is 5.75 Å². The summed E-state index contributed by atoms with van der Waals surface area (Å²) in [5.74, 6) is 1.02. The van der Waals surface area contributed by atoms with E-state index in [1.54, 1.807) is 13.0 Å². The third-order valence-corrected chi connectivity index (χ3v) is 3.97. The summed E-state index contributed by atoms with van der Waals surface area (Å²) in [6.07, 6.45) is 4.44. The summed E-state index contributed by atoms with van der Waals surface area (Å²) < 4.78 is 6.11. The van der Waals surface area contributed by atoms with Crippen LogP contribution in [0.3, 0.4) is 0 Å². The monoisotopic (exact) mass is 258 g/mol. The van der Waals surface area contributed by atoms with Crippen LogP contribution >= 0.6 is 0 Å². The van der Waals surface area contributed by atoms with Gasteiger partial charge in [0, 0.05) is 17.5 Å². The molecule has 1 heterocycles. The number of carbonyl (C=O) groups is 1. The Bertz CT molecular complexity index is 578. The fourth-order valence-electron chi connectivity index (χ4n) is 2.68. The van der Waals surface area contributed by atoms with Gasteiger partial charge >= 0.3 is 0 Å². The second-order valence-corrected chi connectivity index (χ2v) is 6.08. The van der Waals surface area contributed by atoms with E-state index in [0.717, 1.165) is 17.7 Å². The van der Waals surface area contributed by atoms with Gasteiger partial charge in [-0.25, -0.2) is 0 Å². The highest BCUT2D eigenvalue weighted by atomic mass is 16.5. The molecule has 2 rings (SSSR count). The van der Waals surface area contributed by atoms with Gasteiger partial charge in [-0.15, -0.1) is 0 Å². The van der Waals surface area contributed by atoms with E-state index < -0.39 is 0 Å². The lowest BCUT2D eigenvalue weighted by atomic mass is 9.89. The van der Waals surface area contributed by atoms with E-state index >= 15 is 0 Å². The second-order valence-electron chi connectivity index (χ2n) is 6.08. The standard InChI is InChI=1S/C17H22O2/c1-10(18)7-8-14-12(3)11(2)13(4)15-9-17(5,6)19-16(14)15/h7-8H,9H2,1-6H3/b8-7+. The minimum Gasteiger partial charge on any atom is -0.487 e. The molecule has 1 aliphatic rings. The molecular weight excluding hydrogens is 236 g/mol. The molecule has 0 aromatic heterocycles. The lowest BCUT2D eigenvalue weighted by Crippen LogP contribution is -2.24. The number of hydrogen-bond donors (Lipinski definition) is 0. The molecule has 19 heavy (non-hydrogen) atoms. The first kappa shape index (κ1) is 13.9. The van der Waals surface area contributed by atoms with Gasteiger partial charge < -0.3 is 4.74 Å². The summed E-state index contributed by atoms with van der Waals surface area (Å²) in [4.78, 5) is 11.2. The number of hydrogen-bond acceptors (Lipinski definition) is 2. The van der Waals surface area contributed by atoms with Crippen molar-refractivity contribution in [2.75, 3.05) is 0 Å². The molecule has 0 bridgehead atoms. The van der Waals surface area contributed by atoms with E-state index in [2.05, 4.69) is 34.6 Å². The zero-order valence-electron chi connectivity index (χ0n) is 12.7. The number of fused-ring (bicyclic) bond motifs is 1. The van der Waals surface area contributed by atoms with Crippen molar-refractivity contribution >= 4 is 11.9 Å². The Balaban J connectivity index is 2.66. The van der Waals surface area contributed by atoms with Crippen LogP contribution in [0.2, 0.25) is 0 Å². The molecule has 102 valence electrons. The van der Waals surface area contributed by atoms with Gasteiger partial charge in [0.05, 0.1) is 0 Å². The Morgan fingerprint density at radius 1 is 1.16 bits per heavy atom. The first-order valence-electron chi connectivity index (χ1n) is 6.73. The fourth-order valence-corrected chi connectivity index (χ4v) is 2.68. The molecule has 2 heteroatoms. The topological polar surface area (TPSA) is 26.3 Å². The SMILES string of the molecule is CC(=O)/C=C/c1c(C)c(C)c(C)c2c1OC(C)(C)C2. The van der Waals surface area contributed by atoms with Crippen LogP contribution in [-0.2, 0) is 11.2 Å². The maximum Gasteiger partial charge on any atom is 0.152 e. The Hall–Kier alpha value is -1.57. The van der Waals surface area contributed by atoms with Crippen LogP contribution in [0.15, 0.2) is 6.08 Å². The van der Waals surface area contributed by atoms with Crippen LogP contribution < -0.4 is 4.74 Å². The number of rotatable bonds is 2. The van der Waals surface area contributed by atoms with Gasteiger partial charge in [-0.3, -0.25) is 4.79 Å². The van der Waals surface area contributed by atoms with Crippen molar-refractivity contribution in [3.05, 3.63) is 33.9 Å². The largest absolute Gasteiger partial charge is 0.487 e. The molecule has 0 N–H and O–H groups in total. The third-order valence-electron chi connectivity index (χ3n) is 3.97. The number of ether oxygens (including phenoxy) is 1. The highest BCUT2D eigenvalue weighted by molar-refractivity contribution is 5.92. The molecule has 0 spiro atoms. The summed E-state index contributed by atoms with van der Waals surface area (Å²) in [6.45, 7) is 12.2. The minimum absolute atomic E-state index is 0.0589. The molecule has 1 aromatic carbocycles. The van der Waals surface area contributed by atoms with Crippen LogP contribution in [-0.4, -0.2) is 11.4 Å². The summed E-state index contributed by atoms with van der Waals surface area (Å²) in [5.41, 5.74) is 5.99. The predicted molar refractivity (Wildman–Crippen MR) is 78.8 cm³/mol. The molecule has 2 nitrogen and oxygen atoms in total. The molecule has 0 amide bonds. The van der Waals surface area contributed by atoms with Gasteiger partial charge in [0.15, 0.2) is 5.78 Å². The zero-order chi connectivity index (χ0) is 14.4. The average Bonchev–Trinajstić information content (AvgIpc) is 2.62. The van der Waals surface area contributed by atoms with E-state index in [-0.39, 0.29) is 11.4 Å². The van der Waals surface area contributed by atoms with Gasteiger partial charge in [-0.1, -0.05) is 0 Å². The third kappa shape index (κ3) is 2.44. The number of benzene rings is 1. The summed E-state index contributed by atoms with van der Waals surface area (Å²) in [5, 5.41) is 0. The zero-order valence-corrected chi connectivity index (χ0v) is 12.7. The molecule has 0 unspecified atom stereocenters. The molecule has 1 aliphatic heterocycles. The van der Waals surface area contributed by atoms with Crippen molar-refractivity contribution in [2.45, 2.75) is 53.6 Å². The molecular formula is C17H22O2. The van der Waals surface area contributed by atoms with Crippen LogP contribution in [0.1, 0.15) is 48.6 Å². The molecule has 0 fully saturated rings. The Kier molecular flexibility index (Phi) is 3.29. The van der Waals surface area contributed by atoms with Crippen molar-refractivity contribution in [3.63, 3.8) is 0 Å². The lowest BCUT2D eigenvalue weighted by Gasteiger charge is -2.18. The molecule has 0 saturated heterocycles. The van der Waals surface area contributed by atoms with Crippen molar-refractivity contribution in [2.24, 2.45) is 0 Å². The Morgan fingerprint density at radius 3 is 2.37 bits per heavy atom. The number of ketones is 1. The lowest BCUT2D eigenvalue weighted by molar-refractivity contribution is -0.112. The van der Waals surface area contributed by atoms with E-state index in [0.29, 0.717) is 0 Å². The van der Waals surface area contributed by atoms with Crippen molar-refractivity contribution in [3.8, 4) is 5.75 Å². The van der Waals surface area contributed by atoms with Crippen molar-refractivity contribution in [1.29, 1.82) is 0 Å². The normalized spacial score (nSPS) is 16.5. The van der Waals surface area contributed by atoms with E-state index in [1.807, 2.05) is 6.08 Å². The Labute approximate surface area is 115 Å². The average molecular weight is 258 g/mol.